The highest BCUT2D eigenvalue weighted by Gasteiger charge is 2.60. The number of para-hydroxylation sites is 2. The first-order valence-corrected chi connectivity index (χ1v) is 8.51. The topological polar surface area (TPSA) is 87.2 Å². The van der Waals surface area contributed by atoms with Crippen molar-refractivity contribution in [2.75, 3.05) is 5.01 Å². The van der Waals surface area contributed by atoms with Gasteiger partial charge in [0.05, 0.1) is 11.0 Å². The minimum Gasteiger partial charge on any atom is -0.321 e. The molecule has 1 saturated carbocycles. The van der Waals surface area contributed by atoms with Crippen molar-refractivity contribution in [1.82, 2.24) is 15.0 Å². The SMILES string of the molecule is O=C1NC2(CC(c3ccccc3)C2)C(=O)N1n1c(=O)[nH]c2ccccc21. The zero-order valence-electron chi connectivity index (χ0n) is 13.8. The molecule has 26 heavy (non-hydrogen) atoms. The second-order valence-electron chi connectivity index (χ2n) is 6.90. The van der Waals surface area contributed by atoms with Gasteiger partial charge < -0.3 is 10.3 Å². The molecule has 1 spiro atoms. The van der Waals surface area contributed by atoms with E-state index in [1.807, 2.05) is 30.3 Å². The van der Waals surface area contributed by atoms with Gasteiger partial charge in [0.2, 0.25) is 0 Å². The van der Waals surface area contributed by atoms with Gasteiger partial charge in [0.15, 0.2) is 0 Å². The Morgan fingerprint density at radius 2 is 1.62 bits per heavy atom. The molecule has 2 aromatic carbocycles. The molecule has 2 aliphatic rings. The molecule has 130 valence electrons. The summed E-state index contributed by atoms with van der Waals surface area (Å²) in [6.07, 6.45) is 1.07. The number of imide groups is 1. The molecule has 0 radical (unpaired) electrons. The van der Waals surface area contributed by atoms with Crippen molar-refractivity contribution in [3.8, 4) is 0 Å². The fourth-order valence-corrected chi connectivity index (χ4v) is 4.05. The number of benzene rings is 2. The normalized spacial score (nSPS) is 24.9. The molecule has 3 amide bonds. The summed E-state index contributed by atoms with van der Waals surface area (Å²) >= 11 is 0. The number of hydrogen-bond donors (Lipinski definition) is 2. The number of nitrogens with zero attached hydrogens (tertiary/aromatic N) is 2. The number of aromatic nitrogens is 2. The summed E-state index contributed by atoms with van der Waals surface area (Å²) in [7, 11) is 0. The van der Waals surface area contributed by atoms with Crippen molar-refractivity contribution in [3.63, 3.8) is 0 Å². The summed E-state index contributed by atoms with van der Waals surface area (Å²) in [5.74, 6) is -0.151. The molecule has 7 heteroatoms. The second kappa shape index (κ2) is 5.08. The highest BCUT2D eigenvalue weighted by Crippen LogP contribution is 2.47. The third kappa shape index (κ3) is 1.91. The summed E-state index contributed by atoms with van der Waals surface area (Å²) in [5, 5.41) is 3.74. The molecule has 0 unspecified atom stereocenters. The summed E-state index contributed by atoms with van der Waals surface area (Å²) in [6.45, 7) is 0. The van der Waals surface area contributed by atoms with Crippen LogP contribution in [0.4, 0.5) is 4.79 Å². The predicted molar refractivity (Wildman–Crippen MR) is 95.5 cm³/mol. The number of imidazole rings is 1. The highest BCUT2D eigenvalue weighted by molar-refractivity contribution is 6.19. The van der Waals surface area contributed by atoms with E-state index < -0.39 is 17.3 Å². The maximum absolute atomic E-state index is 13.1. The maximum Gasteiger partial charge on any atom is 0.346 e. The van der Waals surface area contributed by atoms with E-state index in [1.54, 1.807) is 24.3 Å². The van der Waals surface area contributed by atoms with E-state index >= 15 is 0 Å². The molecule has 1 aliphatic carbocycles. The van der Waals surface area contributed by atoms with Crippen LogP contribution in [0.25, 0.3) is 11.0 Å². The number of urea groups is 1. The van der Waals surface area contributed by atoms with E-state index in [4.69, 9.17) is 0 Å². The maximum atomic E-state index is 13.1. The molecule has 5 rings (SSSR count). The number of H-pyrrole nitrogens is 1. The molecule has 7 nitrogen and oxygen atoms in total. The van der Waals surface area contributed by atoms with E-state index in [1.165, 1.54) is 0 Å². The number of carbonyl (C=O) groups excluding carboxylic acids is 2. The lowest BCUT2D eigenvalue weighted by Gasteiger charge is -2.42. The number of rotatable bonds is 2. The molecule has 0 atom stereocenters. The van der Waals surface area contributed by atoms with Crippen molar-refractivity contribution in [2.24, 2.45) is 0 Å². The van der Waals surface area contributed by atoms with Crippen LogP contribution in [0.2, 0.25) is 0 Å². The Balaban J connectivity index is 1.50. The minimum absolute atomic E-state index is 0.222. The molecule has 1 aromatic heterocycles. The lowest BCUT2D eigenvalue weighted by atomic mass is 9.65. The Kier molecular flexibility index (Phi) is 2.92. The van der Waals surface area contributed by atoms with Crippen molar-refractivity contribution in [1.29, 1.82) is 0 Å². The first-order chi connectivity index (χ1) is 12.6. The summed E-state index contributed by atoms with van der Waals surface area (Å²) in [5.41, 5.74) is 0.801. The van der Waals surface area contributed by atoms with Gasteiger partial charge >= 0.3 is 11.7 Å². The van der Waals surface area contributed by atoms with Crippen LogP contribution in [0.1, 0.15) is 24.3 Å². The lowest BCUT2D eigenvalue weighted by molar-refractivity contribution is -0.126. The van der Waals surface area contributed by atoms with Crippen LogP contribution < -0.4 is 16.0 Å². The first kappa shape index (κ1) is 14.9. The monoisotopic (exact) mass is 348 g/mol. The van der Waals surface area contributed by atoms with Crippen LogP contribution in [0, 0.1) is 0 Å². The molecule has 1 aliphatic heterocycles. The average Bonchev–Trinajstić information content (AvgIpc) is 3.07. The number of nitrogens with one attached hydrogen (secondary N) is 2. The Morgan fingerprint density at radius 3 is 2.38 bits per heavy atom. The van der Waals surface area contributed by atoms with Crippen molar-refractivity contribution >= 4 is 23.0 Å². The second-order valence-corrected chi connectivity index (χ2v) is 6.90. The van der Waals surface area contributed by atoms with Crippen LogP contribution in [-0.4, -0.2) is 27.1 Å². The van der Waals surface area contributed by atoms with Gasteiger partial charge in [0.25, 0.3) is 5.91 Å². The highest BCUT2D eigenvalue weighted by atomic mass is 16.2. The molecule has 3 aromatic rings. The van der Waals surface area contributed by atoms with Crippen molar-refractivity contribution < 1.29 is 9.59 Å². The van der Waals surface area contributed by atoms with Gasteiger partial charge in [-0.1, -0.05) is 42.5 Å². The number of carbonyl (C=O) groups is 2. The lowest BCUT2D eigenvalue weighted by Crippen LogP contribution is -2.57. The fraction of sp³-hybridized carbons (Fsp3) is 0.211. The van der Waals surface area contributed by atoms with Gasteiger partial charge in [-0.25, -0.2) is 9.59 Å². The molecule has 0 bridgehead atoms. The van der Waals surface area contributed by atoms with Crippen molar-refractivity contribution in [3.05, 3.63) is 70.6 Å². The zero-order valence-corrected chi connectivity index (χ0v) is 13.8. The van der Waals surface area contributed by atoms with Gasteiger partial charge in [-0.3, -0.25) is 4.79 Å². The van der Waals surface area contributed by atoms with Crippen LogP contribution in [0.5, 0.6) is 0 Å². The van der Waals surface area contributed by atoms with Crippen LogP contribution in [0.15, 0.2) is 59.4 Å². The number of fused-ring (bicyclic) bond motifs is 1. The largest absolute Gasteiger partial charge is 0.346 e. The van der Waals surface area contributed by atoms with E-state index in [-0.39, 0.29) is 11.8 Å². The van der Waals surface area contributed by atoms with E-state index in [0.29, 0.717) is 23.9 Å². The average molecular weight is 348 g/mol. The third-order valence-corrected chi connectivity index (χ3v) is 5.37. The Labute approximate surface area is 148 Å². The van der Waals surface area contributed by atoms with Gasteiger partial charge in [-0.2, -0.15) is 9.69 Å². The Hall–Kier alpha value is -3.35. The van der Waals surface area contributed by atoms with Gasteiger partial charge in [0.1, 0.15) is 5.54 Å². The van der Waals surface area contributed by atoms with E-state index in [0.717, 1.165) is 15.2 Å². The molecular formula is C19H16N4O3. The summed E-state index contributed by atoms with van der Waals surface area (Å²) in [6, 6.07) is 16.4. The molecule has 2 heterocycles. The predicted octanol–water partition coefficient (Wildman–Crippen LogP) is 1.83. The third-order valence-electron chi connectivity index (χ3n) is 5.37. The van der Waals surface area contributed by atoms with Crippen LogP contribution in [0.3, 0.4) is 0 Å². The zero-order chi connectivity index (χ0) is 17.9. The fourth-order valence-electron chi connectivity index (χ4n) is 4.05. The summed E-state index contributed by atoms with van der Waals surface area (Å²) in [4.78, 5) is 40.6. The molecule has 2 N–H and O–H groups in total. The number of amides is 3. The Bertz CT molecular complexity index is 1090. The van der Waals surface area contributed by atoms with Gasteiger partial charge in [0, 0.05) is 0 Å². The van der Waals surface area contributed by atoms with Crippen LogP contribution in [-0.2, 0) is 4.79 Å². The van der Waals surface area contributed by atoms with Crippen molar-refractivity contribution in [2.45, 2.75) is 24.3 Å². The van der Waals surface area contributed by atoms with E-state index in [2.05, 4.69) is 10.3 Å². The quantitative estimate of drug-likeness (QED) is 0.693. The number of aromatic amines is 1. The Morgan fingerprint density at radius 1 is 0.923 bits per heavy atom. The summed E-state index contributed by atoms with van der Waals surface area (Å²) < 4.78 is 1.12. The van der Waals surface area contributed by atoms with Gasteiger partial charge in [-0.05, 0) is 36.5 Å². The standard InChI is InChI=1S/C19H16N4O3/c24-16-19(10-13(11-19)12-6-2-1-3-7-12)21-18(26)23(16)22-15-9-5-4-8-14(15)20-17(22)25/h1-9,13H,10-11H2,(H,20,25)(H,21,26). The van der Waals surface area contributed by atoms with Gasteiger partial charge in [-0.15, -0.1) is 0 Å². The van der Waals surface area contributed by atoms with Crippen LogP contribution >= 0.6 is 0 Å². The van der Waals surface area contributed by atoms with E-state index in [9.17, 15) is 14.4 Å². The molecule has 1 saturated heterocycles. The smallest absolute Gasteiger partial charge is 0.321 e. The first-order valence-electron chi connectivity index (χ1n) is 8.51. The molecule has 2 fully saturated rings. The minimum atomic E-state index is -0.921. The molecular weight excluding hydrogens is 332 g/mol. The number of hydrogen-bond acceptors (Lipinski definition) is 3.